The number of nitrogens with zero attached hydrogens (tertiary/aromatic N) is 1. The predicted octanol–water partition coefficient (Wildman–Crippen LogP) is 4.07. The number of benzene rings is 2. The topological polar surface area (TPSA) is 61.7 Å². The molecule has 7 heteroatoms. The number of nitrogens with one attached hydrogen (secondary N) is 1. The smallest absolute Gasteiger partial charge is 0.257 e. The summed E-state index contributed by atoms with van der Waals surface area (Å²) in [6.07, 6.45) is 1.87. The highest BCUT2D eigenvalue weighted by Crippen LogP contribution is 2.38. The Morgan fingerprint density at radius 2 is 1.96 bits per heavy atom. The van der Waals surface area contributed by atoms with Gasteiger partial charge >= 0.3 is 0 Å². The second kappa shape index (κ2) is 7.62. The number of methoxy groups -OCH3 is 1. The van der Waals surface area contributed by atoms with Crippen LogP contribution in [0.2, 0.25) is 0 Å². The monoisotopic (exact) mass is 430 g/mol. The zero-order chi connectivity index (χ0) is 18.8. The summed E-state index contributed by atoms with van der Waals surface area (Å²) in [5.41, 5.74) is 2.25. The molecule has 0 unspecified atom stereocenters. The number of carbonyl (C=O) groups is 1. The van der Waals surface area contributed by atoms with Gasteiger partial charge in [-0.25, -0.2) is 0 Å². The first-order valence-electron chi connectivity index (χ1n) is 8.64. The van der Waals surface area contributed by atoms with Crippen LogP contribution in [0.15, 0.2) is 47.1 Å². The van der Waals surface area contributed by atoms with E-state index in [4.69, 9.17) is 14.2 Å². The Balaban J connectivity index is 1.66. The lowest BCUT2D eigenvalue weighted by atomic mass is 10.1. The third kappa shape index (κ3) is 3.52. The van der Waals surface area contributed by atoms with Crippen LogP contribution in [0.25, 0.3) is 10.9 Å². The quantitative estimate of drug-likeness (QED) is 0.662. The molecule has 0 saturated carbocycles. The van der Waals surface area contributed by atoms with Crippen molar-refractivity contribution in [3.05, 3.63) is 52.6 Å². The van der Waals surface area contributed by atoms with E-state index >= 15 is 0 Å². The largest absolute Gasteiger partial charge is 0.486 e. The van der Waals surface area contributed by atoms with Crippen molar-refractivity contribution in [1.82, 2.24) is 4.57 Å². The van der Waals surface area contributed by atoms with Crippen LogP contribution in [0.5, 0.6) is 11.5 Å². The zero-order valence-corrected chi connectivity index (χ0v) is 16.4. The number of para-hydroxylation sites is 1. The lowest BCUT2D eigenvalue weighted by Gasteiger charge is -2.20. The highest BCUT2D eigenvalue weighted by molar-refractivity contribution is 9.10. The number of ether oxygens (including phenoxy) is 3. The van der Waals surface area contributed by atoms with Crippen LogP contribution in [0.3, 0.4) is 0 Å². The van der Waals surface area contributed by atoms with E-state index < -0.39 is 0 Å². The third-order valence-electron chi connectivity index (χ3n) is 4.45. The molecule has 0 aliphatic carbocycles. The molecule has 0 spiro atoms. The fraction of sp³-hybridized carbons (Fsp3) is 0.250. The summed E-state index contributed by atoms with van der Waals surface area (Å²) >= 11 is 3.49. The molecule has 0 fully saturated rings. The number of fused-ring (bicyclic) bond motifs is 2. The number of aromatic nitrogens is 1. The molecule has 1 amide bonds. The highest BCUT2D eigenvalue weighted by atomic mass is 79.9. The van der Waals surface area contributed by atoms with Crippen LogP contribution >= 0.6 is 15.9 Å². The van der Waals surface area contributed by atoms with Crippen LogP contribution < -0.4 is 14.8 Å². The normalized spacial score (nSPS) is 13.0. The van der Waals surface area contributed by atoms with E-state index in [1.165, 1.54) is 0 Å². The number of carbonyl (C=O) groups excluding carboxylic acids is 1. The van der Waals surface area contributed by atoms with E-state index in [0.717, 1.165) is 15.4 Å². The van der Waals surface area contributed by atoms with Crippen molar-refractivity contribution >= 4 is 38.4 Å². The minimum absolute atomic E-state index is 0.181. The maximum atomic E-state index is 13.0. The van der Waals surface area contributed by atoms with Gasteiger partial charge in [0.25, 0.3) is 5.91 Å². The van der Waals surface area contributed by atoms with Crippen molar-refractivity contribution in [3.8, 4) is 11.5 Å². The van der Waals surface area contributed by atoms with Crippen LogP contribution in [0.1, 0.15) is 10.4 Å². The van der Waals surface area contributed by atoms with E-state index in [1.807, 2.05) is 41.1 Å². The highest BCUT2D eigenvalue weighted by Gasteiger charge is 2.19. The van der Waals surface area contributed by atoms with Gasteiger partial charge in [0.15, 0.2) is 11.5 Å². The van der Waals surface area contributed by atoms with E-state index in [9.17, 15) is 4.79 Å². The number of hydrogen-bond acceptors (Lipinski definition) is 4. The Hall–Kier alpha value is -2.51. The molecule has 140 valence electrons. The molecule has 1 aromatic heterocycles. The summed E-state index contributed by atoms with van der Waals surface area (Å²) in [6.45, 7) is 2.27. The maximum absolute atomic E-state index is 13.0. The molecule has 2 heterocycles. The van der Waals surface area contributed by atoms with Gasteiger partial charge in [0.2, 0.25) is 0 Å². The minimum atomic E-state index is -0.181. The van der Waals surface area contributed by atoms with E-state index in [-0.39, 0.29) is 5.91 Å². The number of hydrogen-bond donors (Lipinski definition) is 1. The zero-order valence-electron chi connectivity index (χ0n) is 14.8. The molecule has 0 radical (unpaired) electrons. The second-order valence-electron chi connectivity index (χ2n) is 6.18. The van der Waals surface area contributed by atoms with Crippen molar-refractivity contribution in [3.63, 3.8) is 0 Å². The molecule has 2 aromatic carbocycles. The standard InChI is InChI=1S/C20H19BrN2O4/c1-25-7-6-23-12-14(13-4-2-3-5-17(13)23)20(24)22-16-11-19-18(10-15(16)21)26-8-9-27-19/h2-5,10-12H,6-9H2,1H3,(H,22,24). The Bertz CT molecular complexity index is 999. The third-order valence-corrected chi connectivity index (χ3v) is 5.11. The minimum Gasteiger partial charge on any atom is -0.486 e. The van der Waals surface area contributed by atoms with Crippen molar-refractivity contribution in [2.24, 2.45) is 0 Å². The van der Waals surface area contributed by atoms with Crippen LogP contribution in [-0.4, -0.2) is 37.4 Å². The predicted molar refractivity (Wildman–Crippen MR) is 107 cm³/mol. The van der Waals surface area contributed by atoms with E-state index in [1.54, 1.807) is 13.2 Å². The average Bonchev–Trinajstić information content (AvgIpc) is 3.06. The van der Waals surface area contributed by atoms with Crippen molar-refractivity contribution in [2.45, 2.75) is 6.54 Å². The Labute approximate surface area is 165 Å². The van der Waals surface area contributed by atoms with Gasteiger partial charge in [0.05, 0.1) is 17.9 Å². The number of amides is 1. The Morgan fingerprint density at radius 1 is 1.22 bits per heavy atom. The van der Waals surface area contributed by atoms with Gasteiger partial charge in [0, 0.05) is 47.4 Å². The summed E-state index contributed by atoms with van der Waals surface area (Å²) in [5, 5.41) is 3.87. The second-order valence-corrected chi connectivity index (χ2v) is 7.03. The maximum Gasteiger partial charge on any atom is 0.257 e. The molecule has 1 aliphatic rings. The number of rotatable bonds is 5. The fourth-order valence-corrected chi connectivity index (χ4v) is 3.57. The molecular formula is C20H19BrN2O4. The van der Waals surface area contributed by atoms with Crippen molar-refractivity contribution < 1.29 is 19.0 Å². The molecule has 4 rings (SSSR count). The Morgan fingerprint density at radius 3 is 2.74 bits per heavy atom. The lowest BCUT2D eigenvalue weighted by Crippen LogP contribution is -2.17. The van der Waals surface area contributed by atoms with Crippen LogP contribution in [0.4, 0.5) is 5.69 Å². The lowest BCUT2D eigenvalue weighted by molar-refractivity contribution is 0.102. The molecule has 0 saturated heterocycles. The van der Waals surface area contributed by atoms with E-state index in [0.29, 0.717) is 49.1 Å². The molecule has 0 bridgehead atoms. The van der Waals surface area contributed by atoms with Crippen LogP contribution in [0, 0.1) is 0 Å². The van der Waals surface area contributed by atoms with Crippen molar-refractivity contribution in [2.75, 3.05) is 32.2 Å². The van der Waals surface area contributed by atoms with Gasteiger partial charge in [-0.1, -0.05) is 18.2 Å². The first-order valence-corrected chi connectivity index (χ1v) is 9.44. The van der Waals surface area contributed by atoms with Gasteiger partial charge in [-0.15, -0.1) is 0 Å². The van der Waals surface area contributed by atoms with Crippen LogP contribution in [-0.2, 0) is 11.3 Å². The molecule has 1 aliphatic heterocycles. The fourth-order valence-electron chi connectivity index (χ4n) is 3.15. The molecular weight excluding hydrogens is 412 g/mol. The SMILES string of the molecule is COCCn1cc(C(=O)Nc2cc3c(cc2Br)OCCO3)c2ccccc21. The average molecular weight is 431 g/mol. The number of halogens is 1. The summed E-state index contributed by atoms with van der Waals surface area (Å²) in [6, 6.07) is 11.4. The molecule has 0 atom stereocenters. The van der Waals surface area contributed by atoms with E-state index in [2.05, 4.69) is 21.2 Å². The molecule has 6 nitrogen and oxygen atoms in total. The molecule has 27 heavy (non-hydrogen) atoms. The van der Waals surface area contributed by atoms with Gasteiger partial charge < -0.3 is 24.1 Å². The number of anilines is 1. The summed E-state index contributed by atoms with van der Waals surface area (Å²) < 4.78 is 19.1. The summed E-state index contributed by atoms with van der Waals surface area (Å²) in [5.74, 6) is 1.12. The van der Waals surface area contributed by atoms with Crippen molar-refractivity contribution in [1.29, 1.82) is 0 Å². The molecule has 3 aromatic rings. The van der Waals surface area contributed by atoms with Gasteiger partial charge in [-0.2, -0.15) is 0 Å². The molecule has 1 N–H and O–H groups in total. The Kier molecular flexibility index (Phi) is 5.05. The first-order chi connectivity index (χ1) is 13.2. The van der Waals surface area contributed by atoms with Gasteiger partial charge in [-0.05, 0) is 22.0 Å². The van der Waals surface area contributed by atoms with Gasteiger partial charge in [0.1, 0.15) is 13.2 Å². The summed E-state index contributed by atoms with van der Waals surface area (Å²) in [4.78, 5) is 13.0. The summed E-state index contributed by atoms with van der Waals surface area (Å²) in [7, 11) is 1.67. The first kappa shape index (κ1) is 17.9. The van der Waals surface area contributed by atoms with Gasteiger partial charge in [-0.3, -0.25) is 4.79 Å².